The van der Waals surface area contributed by atoms with Gasteiger partial charge in [0.05, 0.1) is 0 Å². The van der Waals surface area contributed by atoms with Crippen LogP contribution < -0.4 is 5.32 Å². The highest BCUT2D eigenvalue weighted by atomic mass is 15.2. The maximum absolute atomic E-state index is 3.55. The molecule has 1 fully saturated rings. The van der Waals surface area contributed by atoms with Crippen LogP contribution in [0.15, 0.2) is 0 Å². The maximum atomic E-state index is 3.55. The second-order valence-electron chi connectivity index (χ2n) is 6.05. The Kier molecular flexibility index (Phi) is 6.50. The third-order valence-electron chi connectivity index (χ3n) is 4.40. The predicted octanol–water partition coefficient (Wildman–Crippen LogP) is 3.28. The van der Waals surface area contributed by atoms with Crippen molar-refractivity contribution in [3.05, 3.63) is 0 Å². The van der Waals surface area contributed by atoms with Crippen molar-refractivity contribution in [3.63, 3.8) is 0 Å². The average molecular weight is 240 g/mol. The minimum absolute atomic E-state index is 0.552. The molecule has 0 saturated carbocycles. The molecular formula is C15H32N2. The molecule has 0 bridgehead atoms. The van der Waals surface area contributed by atoms with Crippen LogP contribution in [0, 0.1) is 5.41 Å². The highest BCUT2D eigenvalue weighted by Gasteiger charge is 2.34. The topological polar surface area (TPSA) is 15.3 Å². The second kappa shape index (κ2) is 7.38. The molecule has 0 aromatic carbocycles. The van der Waals surface area contributed by atoms with E-state index in [4.69, 9.17) is 0 Å². The fraction of sp³-hybridized carbons (Fsp3) is 1.00. The van der Waals surface area contributed by atoms with E-state index >= 15 is 0 Å². The molecule has 2 nitrogen and oxygen atoms in total. The summed E-state index contributed by atoms with van der Waals surface area (Å²) in [4.78, 5) is 2.70. The summed E-state index contributed by atoms with van der Waals surface area (Å²) in [6.45, 7) is 14.3. The molecule has 0 aliphatic carbocycles. The lowest BCUT2D eigenvalue weighted by Gasteiger charge is -2.36. The average Bonchev–Trinajstić information content (AvgIpc) is 2.77. The van der Waals surface area contributed by atoms with E-state index in [1.165, 1.54) is 58.3 Å². The van der Waals surface area contributed by atoms with Crippen molar-refractivity contribution < 1.29 is 0 Å². The first-order chi connectivity index (χ1) is 8.13. The standard InChI is InChI=1S/C15H32N2/c1-5-7-8-11-17(14(3)4)13-15(6-2)9-10-16-12-15/h14,16H,5-13H2,1-4H3. The van der Waals surface area contributed by atoms with Gasteiger partial charge in [-0.2, -0.15) is 0 Å². The molecule has 1 unspecified atom stereocenters. The minimum Gasteiger partial charge on any atom is -0.316 e. The van der Waals surface area contributed by atoms with Crippen LogP contribution in [0.25, 0.3) is 0 Å². The van der Waals surface area contributed by atoms with E-state index in [-0.39, 0.29) is 0 Å². The van der Waals surface area contributed by atoms with Gasteiger partial charge in [0.1, 0.15) is 0 Å². The highest BCUT2D eigenvalue weighted by Crippen LogP contribution is 2.31. The van der Waals surface area contributed by atoms with Gasteiger partial charge in [0, 0.05) is 19.1 Å². The van der Waals surface area contributed by atoms with Gasteiger partial charge < -0.3 is 10.2 Å². The molecule has 1 N–H and O–H groups in total. The Bertz CT molecular complexity index is 195. The lowest BCUT2D eigenvalue weighted by Crippen LogP contribution is -2.42. The number of hydrogen-bond donors (Lipinski definition) is 1. The van der Waals surface area contributed by atoms with Crippen molar-refractivity contribution in [3.8, 4) is 0 Å². The summed E-state index contributed by atoms with van der Waals surface area (Å²) in [5, 5.41) is 3.55. The Labute approximate surface area is 108 Å². The fourth-order valence-electron chi connectivity index (χ4n) is 2.86. The van der Waals surface area contributed by atoms with Crippen molar-refractivity contribution in [2.45, 2.75) is 65.8 Å². The van der Waals surface area contributed by atoms with E-state index in [1.54, 1.807) is 0 Å². The van der Waals surface area contributed by atoms with Gasteiger partial charge in [-0.25, -0.2) is 0 Å². The normalized spacial score (nSPS) is 25.1. The molecule has 1 aliphatic rings. The zero-order chi connectivity index (χ0) is 12.7. The molecule has 1 rings (SSSR count). The van der Waals surface area contributed by atoms with E-state index < -0.39 is 0 Å². The van der Waals surface area contributed by atoms with Crippen molar-refractivity contribution in [2.75, 3.05) is 26.2 Å². The van der Waals surface area contributed by atoms with Crippen LogP contribution in [0.5, 0.6) is 0 Å². The monoisotopic (exact) mass is 240 g/mol. The van der Waals surface area contributed by atoms with Crippen LogP contribution in [0.3, 0.4) is 0 Å². The molecule has 0 spiro atoms. The lowest BCUT2D eigenvalue weighted by molar-refractivity contribution is 0.127. The van der Waals surface area contributed by atoms with Gasteiger partial charge in [-0.1, -0.05) is 26.7 Å². The smallest absolute Gasteiger partial charge is 0.00532 e. The van der Waals surface area contributed by atoms with Gasteiger partial charge >= 0.3 is 0 Å². The Morgan fingerprint density at radius 1 is 1.24 bits per heavy atom. The molecule has 0 radical (unpaired) electrons. The van der Waals surface area contributed by atoms with Crippen molar-refractivity contribution in [1.29, 1.82) is 0 Å². The molecule has 1 saturated heterocycles. The molecule has 2 heteroatoms. The largest absolute Gasteiger partial charge is 0.316 e. The Morgan fingerprint density at radius 2 is 2.00 bits per heavy atom. The number of nitrogens with one attached hydrogen (secondary N) is 1. The Morgan fingerprint density at radius 3 is 2.47 bits per heavy atom. The Hall–Kier alpha value is -0.0800. The molecule has 1 heterocycles. The first-order valence-electron chi connectivity index (χ1n) is 7.58. The quantitative estimate of drug-likeness (QED) is 0.655. The molecule has 0 aromatic heterocycles. The molecule has 0 aromatic rings. The van der Waals surface area contributed by atoms with Crippen LogP contribution in [-0.4, -0.2) is 37.1 Å². The number of rotatable bonds is 8. The molecular weight excluding hydrogens is 208 g/mol. The molecule has 17 heavy (non-hydrogen) atoms. The number of nitrogens with zero attached hydrogens (tertiary/aromatic N) is 1. The summed E-state index contributed by atoms with van der Waals surface area (Å²) in [5.74, 6) is 0. The van der Waals surface area contributed by atoms with Crippen LogP contribution in [0.2, 0.25) is 0 Å². The van der Waals surface area contributed by atoms with Crippen molar-refractivity contribution in [2.24, 2.45) is 5.41 Å². The van der Waals surface area contributed by atoms with E-state index in [0.29, 0.717) is 11.5 Å². The van der Waals surface area contributed by atoms with Gasteiger partial charge in [-0.15, -0.1) is 0 Å². The van der Waals surface area contributed by atoms with Gasteiger partial charge in [0.25, 0.3) is 0 Å². The number of unbranched alkanes of at least 4 members (excludes halogenated alkanes) is 2. The summed E-state index contributed by atoms with van der Waals surface area (Å²) >= 11 is 0. The molecule has 0 amide bonds. The minimum atomic E-state index is 0.552. The maximum Gasteiger partial charge on any atom is 0.00532 e. The second-order valence-corrected chi connectivity index (χ2v) is 6.05. The van der Waals surface area contributed by atoms with Crippen LogP contribution in [0.1, 0.15) is 59.8 Å². The van der Waals surface area contributed by atoms with Gasteiger partial charge in [0.2, 0.25) is 0 Å². The molecule has 1 atom stereocenters. The highest BCUT2D eigenvalue weighted by molar-refractivity contribution is 4.90. The Balaban J connectivity index is 2.46. The van der Waals surface area contributed by atoms with Crippen LogP contribution >= 0.6 is 0 Å². The van der Waals surface area contributed by atoms with Gasteiger partial charge in [0.15, 0.2) is 0 Å². The lowest BCUT2D eigenvalue weighted by atomic mass is 9.83. The summed E-state index contributed by atoms with van der Waals surface area (Å²) in [7, 11) is 0. The van der Waals surface area contributed by atoms with Crippen molar-refractivity contribution >= 4 is 0 Å². The van der Waals surface area contributed by atoms with Crippen molar-refractivity contribution in [1.82, 2.24) is 10.2 Å². The van der Waals surface area contributed by atoms with E-state index in [0.717, 1.165) is 0 Å². The molecule has 102 valence electrons. The first kappa shape index (κ1) is 15.0. The zero-order valence-electron chi connectivity index (χ0n) is 12.4. The van der Waals surface area contributed by atoms with E-state index in [9.17, 15) is 0 Å². The fourth-order valence-corrected chi connectivity index (χ4v) is 2.86. The van der Waals surface area contributed by atoms with Crippen LogP contribution in [0.4, 0.5) is 0 Å². The molecule has 1 aliphatic heterocycles. The number of hydrogen-bond acceptors (Lipinski definition) is 2. The third kappa shape index (κ3) is 4.59. The third-order valence-corrected chi connectivity index (χ3v) is 4.40. The summed E-state index contributed by atoms with van der Waals surface area (Å²) in [6.07, 6.45) is 6.74. The van der Waals surface area contributed by atoms with E-state index in [1.807, 2.05) is 0 Å². The SMILES string of the molecule is CCCCCN(CC1(CC)CCNC1)C(C)C. The van der Waals surface area contributed by atoms with Gasteiger partial charge in [-0.05, 0) is 51.6 Å². The van der Waals surface area contributed by atoms with Gasteiger partial charge in [-0.3, -0.25) is 0 Å². The zero-order valence-corrected chi connectivity index (χ0v) is 12.4. The summed E-state index contributed by atoms with van der Waals surface area (Å²) < 4.78 is 0. The summed E-state index contributed by atoms with van der Waals surface area (Å²) in [5.41, 5.74) is 0.552. The first-order valence-corrected chi connectivity index (χ1v) is 7.58. The summed E-state index contributed by atoms with van der Waals surface area (Å²) in [6, 6.07) is 0.691. The van der Waals surface area contributed by atoms with E-state index in [2.05, 4.69) is 37.9 Å². The predicted molar refractivity (Wildman–Crippen MR) is 76.4 cm³/mol. The van der Waals surface area contributed by atoms with Crippen LogP contribution in [-0.2, 0) is 0 Å².